The van der Waals surface area contributed by atoms with Gasteiger partial charge in [-0.05, 0) is 126 Å². The minimum absolute atomic E-state index is 0.158. The molecule has 0 saturated carbocycles. The van der Waals surface area contributed by atoms with Crippen molar-refractivity contribution in [2.75, 3.05) is 26.2 Å². The van der Waals surface area contributed by atoms with Crippen LogP contribution in [0.2, 0.25) is 5.02 Å². The third-order valence-corrected chi connectivity index (χ3v) is 9.93. The van der Waals surface area contributed by atoms with E-state index in [0.717, 1.165) is 42.7 Å². The van der Waals surface area contributed by atoms with Gasteiger partial charge in [0.1, 0.15) is 17.1 Å². The number of piperidine rings is 1. The molecule has 0 radical (unpaired) electrons. The van der Waals surface area contributed by atoms with Gasteiger partial charge in [-0.25, -0.2) is 4.79 Å². The van der Waals surface area contributed by atoms with Crippen molar-refractivity contribution in [1.82, 2.24) is 20.9 Å². The number of nitrogens with one attached hydrogen (secondary N) is 3. The van der Waals surface area contributed by atoms with Crippen LogP contribution in [-0.2, 0) is 17.7 Å². The lowest BCUT2D eigenvalue weighted by Crippen LogP contribution is -2.44. The fraction of sp³-hybridized carbons (Fsp3) is 0.419. The van der Waals surface area contributed by atoms with Gasteiger partial charge >= 0.3 is 6.09 Å². The molecule has 9 nitrogen and oxygen atoms in total. The van der Waals surface area contributed by atoms with Gasteiger partial charge < -0.3 is 30.0 Å². The number of ether oxygens (including phenoxy) is 1. The zero-order valence-electron chi connectivity index (χ0n) is 31.5. The second-order valence-corrected chi connectivity index (χ2v) is 15.5. The van der Waals surface area contributed by atoms with E-state index in [2.05, 4.69) is 60.1 Å². The quantitative estimate of drug-likeness (QED) is 0.111. The number of rotatable bonds is 14. The van der Waals surface area contributed by atoms with Crippen LogP contribution in [-0.4, -0.2) is 54.7 Å². The van der Waals surface area contributed by atoms with Crippen molar-refractivity contribution >= 4 is 23.6 Å². The average Bonchev–Trinajstić information content (AvgIpc) is 3.62. The Balaban J connectivity index is 1.18. The molecular weight excluding hydrogens is 686 g/mol. The largest absolute Gasteiger partial charge is 0.460 e. The number of nitriles is 1. The first-order chi connectivity index (χ1) is 25.4. The minimum atomic E-state index is -0.502. The molecule has 10 heteroatoms. The van der Waals surface area contributed by atoms with Crippen molar-refractivity contribution in [3.8, 4) is 17.4 Å². The lowest BCUT2D eigenvalue weighted by atomic mass is 9.93. The Morgan fingerprint density at radius 1 is 1.02 bits per heavy atom. The van der Waals surface area contributed by atoms with Crippen LogP contribution in [0.15, 0.2) is 83.3 Å². The highest BCUT2D eigenvalue weighted by Crippen LogP contribution is 2.28. The van der Waals surface area contributed by atoms with E-state index in [9.17, 15) is 14.9 Å². The number of amides is 2. The number of furan rings is 1. The van der Waals surface area contributed by atoms with E-state index in [1.54, 1.807) is 29.2 Å². The number of hydrogen-bond donors (Lipinski definition) is 3. The Labute approximate surface area is 319 Å². The predicted octanol–water partition coefficient (Wildman–Crippen LogP) is 8.60. The summed E-state index contributed by atoms with van der Waals surface area (Å²) in [5, 5.41) is 19.9. The molecular formula is C43H52ClN5O4. The predicted molar refractivity (Wildman–Crippen MR) is 210 cm³/mol. The second kappa shape index (κ2) is 18.4. The Morgan fingerprint density at radius 2 is 1.74 bits per heavy atom. The second-order valence-electron chi connectivity index (χ2n) is 15.1. The van der Waals surface area contributed by atoms with Crippen LogP contribution in [0.4, 0.5) is 4.79 Å². The van der Waals surface area contributed by atoms with Crippen LogP contribution in [0.3, 0.4) is 0 Å². The Hall–Kier alpha value is -4.62. The van der Waals surface area contributed by atoms with Crippen molar-refractivity contribution < 1.29 is 18.7 Å². The van der Waals surface area contributed by atoms with E-state index in [1.165, 1.54) is 11.1 Å². The maximum atomic E-state index is 13.8. The maximum absolute atomic E-state index is 13.8. The fourth-order valence-electron chi connectivity index (χ4n) is 6.46. The number of halogens is 1. The van der Waals surface area contributed by atoms with Crippen LogP contribution in [0.1, 0.15) is 91.4 Å². The van der Waals surface area contributed by atoms with E-state index in [1.807, 2.05) is 51.1 Å². The first kappa shape index (κ1) is 39.6. The van der Waals surface area contributed by atoms with E-state index in [0.29, 0.717) is 60.4 Å². The number of nitrogens with zero attached hydrogens (tertiary/aromatic N) is 2. The zero-order chi connectivity index (χ0) is 38.0. The fourth-order valence-corrected chi connectivity index (χ4v) is 6.66. The number of hydrogen-bond acceptors (Lipinski definition) is 7. The van der Waals surface area contributed by atoms with Crippen molar-refractivity contribution in [2.45, 2.75) is 84.5 Å². The molecule has 53 heavy (non-hydrogen) atoms. The maximum Gasteiger partial charge on any atom is 0.410 e. The summed E-state index contributed by atoms with van der Waals surface area (Å²) >= 11 is 6.61. The number of aryl methyl sites for hydroxylation is 1. The van der Waals surface area contributed by atoms with Crippen LogP contribution in [0.5, 0.6) is 0 Å². The van der Waals surface area contributed by atoms with Gasteiger partial charge in [-0.2, -0.15) is 5.26 Å². The van der Waals surface area contributed by atoms with E-state index >= 15 is 0 Å². The molecule has 1 saturated heterocycles. The van der Waals surface area contributed by atoms with Gasteiger partial charge in [-0.3, -0.25) is 4.79 Å². The molecule has 1 aliphatic rings. The summed E-state index contributed by atoms with van der Waals surface area (Å²) in [7, 11) is 0. The van der Waals surface area contributed by atoms with Gasteiger partial charge in [0.25, 0.3) is 5.91 Å². The third kappa shape index (κ3) is 11.9. The molecule has 2 atom stereocenters. The molecule has 0 spiro atoms. The molecule has 0 unspecified atom stereocenters. The Bertz CT molecular complexity index is 1850. The molecule has 1 aromatic heterocycles. The van der Waals surface area contributed by atoms with Gasteiger partial charge in [0.2, 0.25) is 0 Å². The summed E-state index contributed by atoms with van der Waals surface area (Å²) in [5.74, 6) is 1.68. The summed E-state index contributed by atoms with van der Waals surface area (Å²) in [4.78, 5) is 28.1. The van der Waals surface area contributed by atoms with Crippen molar-refractivity contribution in [3.05, 3.63) is 117 Å². The monoisotopic (exact) mass is 737 g/mol. The molecule has 280 valence electrons. The summed E-state index contributed by atoms with van der Waals surface area (Å²) in [6.07, 6.45) is 3.17. The molecule has 1 aliphatic heterocycles. The molecule has 0 bridgehead atoms. The summed E-state index contributed by atoms with van der Waals surface area (Å²) in [6, 6.07) is 27.2. The van der Waals surface area contributed by atoms with E-state index in [-0.39, 0.29) is 24.1 Å². The molecule has 2 amide bonds. The molecule has 5 rings (SSSR count). The summed E-state index contributed by atoms with van der Waals surface area (Å²) < 4.78 is 11.7. The van der Waals surface area contributed by atoms with Gasteiger partial charge in [0.05, 0.1) is 28.8 Å². The van der Waals surface area contributed by atoms with Crippen LogP contribution in [0, 0.1) is 24.2 Å². The first-order valence-electron chi connectivity index (χ1n) is 18.5. The minimum Gasteiger partial charge on any atom is -0.460 e. The number of likely N-dealkylation sites (tertiary alicyclic amines) is 1. The van der Waals surface area contributed by atoms with Gasteiger partial charge in [0, 0.05) is 37.3 Å². The molecule has 3 N–H and O–H groups in total. The van der Waals surface area contributed by atoms with Gasteiger partial charge in [-0.1, -0.05) is 53.6 Å². The van der Waals surface area contributed by atoms with Crippen LogP contribution >= 0.6 is 11.6 Å². The Morgan fingerprint density at radius 3 is 2.42 bits per heavy atom. The molecule has 0 aliphatic carbocycles. The number of carbonyl (C=O) groups excluding carboxylic acids is 2. The zero-order valence-corrected chi connectivity index (χ0v) is 32.3. The molecule has 1 fully saturated rings. The number of benzene rings is 3. The number of carbonyl (C=O) groups is 2. The SMILES string of the molecule is Cc1ccc([C@@H](C)NCc2ccc(-c3ccc(Cl)c(C(=O)N[C@@H](CNCCC4CCN(C(=O)OC(C)(C)C)CC4)Cc4ccc(C#N)cc4)c3)o2)cc1. The van der Waals surface area contributed by atoms with Crippen LogP contribution < -0.4 is 16.0 Å². The lowest BCUT2D eigenvalue weighted by Gasteiger charge is -2.33. The summed E-state index contributed by atoms with van der Waals surface area (Å²) in [5.41, 5.74) is 4.67. The highest BCUT2D eigenvalue weighted by molar-refractivity contribution is 6.34. The highest BCUT2D eigenvalue weighted by Gasteiger charge is 2.27. The standard InChI is InChI=1S/C43H52ClN5O4/c1-29-6-12-34(13-7-29)30(2)47-28-37-15-17-40(52-37)35-14-16-39(44)38(25-35)41(50)48-36(24-32-8-10-33(26-45)11-9-32)27-46-21-18-31-19-22-49(23-20-31)42(51)53-43(3,4)5/h6-17,25,30-31,36,46-47H,18-24,27-28H2,1-5H3,(H,48,50)/t30-,36-/m1/s1. The van der Waals surface area contributed by atoms with E-state index in [4.69, 9.17) is 20.8 Å². The van der Waals surface area contributed by atoms with Crippen molar-refractivity contribution in [1.29, 1.82) is 5.26 Å². The molecule has 3 aromatic carbocycles. The highest BCUT2D eigenvalue weighted by atomic mass is 35.5. The topological polar surface area (TPSA) is 120 Å². The first-order valence-corrected chi connectivity index (χ1v) is 18.9. The molecule has 2 heterocycles. The van der Waals surface area contributed by atoms with Crippen molar-refractivity contribution in [3.63, 3.8) is 0 Å². The van der Waals surface area contributed by atoms with Crippen molar-refractivity contribution in [2.24, 2.45) is 5.92 Å². The normalized spacial score (nSPS) is 14.7. The third-order valence-electron chi connectivity index (χ3n) is 9.60. The van der Waals surface area contributed by atoms with Gasteiger partial charge in [0.15, 0.2) is 0 Å². The average molecular weight is 738 g/mol. The summed E-state index contributed by atoms with van der Waals surface area (Å²) in [6.45, 7) is 13.1. The van der Waals surface area contributed by atoms with Gasteiger partial charge in [-0.15, -0.1) is 0 Å². The Kier molecular flexibility index (Phi) is 13.8. The smallest absolute Gasteiger partial charge is 0.410 e. The lowest BCUT2D eigenvalue weighted by molar-refractivity contribution is 0.0181. The molecule has 4 aromatic rings. The van der Waals surface area contributed by atoms with E-state index < -0.39 is 5.60 Å². The van der Waals surface area contributed by atoms with Crippen LogP contribution in [0.25, 0.3) is 11.3 Å².